The second-order valence-electron chi connectivity index (χ2n) is 10.5. The Hall–Kier alpha value is -2.81. The first kappa shape index (κ1) is 35.4. The molecule has 1 atom stereocenters. The fraction of sp³-hybridized carbons (Fsp3) is 0.375. The van der Waals surface area contributed by atoms with Crippen molar-refractivity contribution >= 4 is 47.5 Å². The average Bonchev–Trinajstić information content (AvgIpc) is 2.98. The summed E-state index contributed by atoms with van der Waals surface area (Å²) in [5.74, 6) is 0.0781. The van der Waals surface area contributed by atoms with Crippen LogP contribution in [0.3, 0.4) is 0 Å². The maximum atomic E-state index is 13.1. The summed E-state index contributed by atoms with van der Waals surface area (Å²) in [5.41, 5.74) is 2.47. The fourth-order valence-electron chi connectivity index (χ4n) is 5.51. The Bertz CT molecular complexity index is 1270. The number of nitrogens with zero attached hydrogens (tertiary/aromatic N) is 2. The van der Waals surface area contributed by atoms with E-state index in [1.54, 1.807) is 4.90 Å². The number of nitrogens with one attached hydrogen (secondary N) is 2. The van der Waals surface area contributed by atoms with Gasteiger partial charge in [0.1, 0.15) is 0 Å². The number of hydrogen-bond acceptors (Lipinski definition) is 3. The topological polar surface area (TPSA) is 96.2 Å². The number of benzene rings is 3. The van der Waals surface area contributed by atoms with E-state index in [1.807, 2.05) is 80.7 Å². The zero-order valence-corrected chi connectivity index (χ0v) is 26.4. The van der Waals surface area contributed by atoms with Crippen LogP contribution in [0, 0.1) is 0 Å². The molecule has 7 nitrogen and oxygen atoms in total. The van der Waals surface area contributed by atoms with Crippen LogP contribution >= 0.6 is 35.6 Å². The number of hydrogen-bond donors (Lipinski definition) is 2. The average molecular weight is 636 g/mol. The van der Waals surface area contributed by atoms with E-state index < -0.39 is 5.54 Å². The number of likely N-dealkylation sites (N-methyl/N-ethyl adjacent to an activating group) is 1. The quantitative estimate of drug-likeness (QED) is 0.280. The Kier molecular flexibility index (Phi) is 14.1. The molecule has 1 aliphatic rings. The van der Waals surface area contributed by atoms with Crippen molar-refractivity contribution in [3.8, 4) is 0 Å². The van der Waals surface area contributed by atoms with Crippen LogP contribution in [0.1, 0.15) is 53.6 Å². The summed E-state index contributed by atoms with van der Waals surface area (Å²) in [6, 6.07) is 25.2. The number of carbonyl (C=O) groups excluding carboxylic acids is 2. The summed E-state index contributed by atoms with van der Waals surface area (Å²) in [4.78, 5) is 29.9. The van der Waals surface area contributed by atoms with Crippen molar-refractivity contribution in [2.75, 3.05) is 39.8 Å². The molecule has 0 spiro atoms. The third kappa shape index (κ3) is 9.09. The van der Waals surface area contributed by atoms with E-state index in [4.69, 9.17) is 23.2 Å². The lowest BCUT2D eigenvalue weighted by Crippen LogP contribution is -2.55. The molecule has 0 aromatic heterocycles. The first-order valence-corrected chi connectivity index (χ1v) is 14.7. The number of urea groups is 1. The molecule has 1 heterocycles. The molecule has 3 aromatic rings. The lowest BCUT2D eigenvalue weighted by Gasteiger charge is -2.43. The molecule has 1 unspecified atom stereocenters. The number of likely N-dealkylation sites (tertiary alicyclic amines) is 1. The van der Waals surface area contributed by atoms with Gasteiger partial charge in [0.25, 0.3) is 5.91 Å². The summed E-state index contributed by atoms with van der Waals surface area (Å²) in [7, 11) is 1.85. The molecule has 4 rings (SSSR count). The zero-order valence-electron chi connectivity index (χ0n) is 24.1. The predicted octanol–water partition coefficient (Wildman–Crippen LogP) is 6.15. The minimum atomic E-state index is -0.400. The molecule has 1 saturated heterocycles. The van der Waals surface area contributed by atoms with E-state index in [1.165, 1.54) is 0 Å². The molecule has 0 radical (unpaired) electrons. The van der Waals surface area contributed by atoms with Gasteiger partial charge in [0.2, 0.25) is 0 Å². The van der Waals surface area contributed by atoms with Crippen LogP contribution in [0.5, 0.6) is 0 Å². The molecule has 3 aromatic carbocycles. The maximum absolute atomic E-state index is 13.1. The van der Waals surface area contributed by atoms with Crippen LogP contribution in [-0.4, -0.2) is 67.0 Å². The van der Waals surface area contributed by atoms with Gasteiger partial charge in [-0.05, 0) is 68.1 Å². The lowest BCUT2D eigenvalue weighted by molar-refractivity contribution is 0.0779. The molecule has 10 heteroatoms. The number of halogens is 3. The second kappa shape index (κ2) is 16.7. The van der Waals surface area contributed by atoms with E-state index in [2.05, 4.69) is 27.7 Å². The highest BCUT2D eigenvalue weighted by Gasteiger charge is 2.37. The van der Waals surface area contributed by atoms with E-state index in [0.717, 1.165) is 50.0 Å². The van der Waals surface area contributed by atoms with Gasteiger partial charge in [-0.25, -0.2) is 4.79 Å². The Morgan fingerprint density at radius 3 is 2.17 bits per heavy atom. The summed E-state index contributed by atoms with van der Waals surface area (Å²) < 4.78 is 0. The van der Waals surface area contributed by atoms with E-state index >= 15 is 0 Å². The largest absolute Gasteiger partial charge is 0.412 e. The van der Waals surface area contributed by atoms with Crippen molar-refractivity contribution in [1.29, 1.82) is 0 Å². The molecule has 3 amide bonds. The Balaban J connectivity index is 0.00000308. The van der Waals surface area contributed by atoms with Gasteiger partial charge in [-0.1, -0.05) is 77.8 Å². The highest BCUT2D eigenvalue weighted by Crippen LogP contribution is 2.34. The van der Waals surface area contributed by atoms with Gasteiger partial charge in [-0.2, -0.15) is 0 Å². The van der Waals surface area contributed by atoms with Crippen molar-refractivity contribution < 1.29 is 15.1 Å². The van der Waals surface area contributed by atoms with Crippen LogP contribution < -0.4 is 10.6 Å². The number of rotatable bonds is 10. The second-order valence-corrected chi connectivity index (χ2v) is 11.3. The van der Waals surface area contributed by atoms with Crippen molar-refractivity contribution in [2.24, 2.45) is 0 Å². The van der Waals surface area contributed by atoms with Crippen molar-refractivity contribution in [1.82, 2.24) is 20.4 Å². The molecule has 1 fully saturated rings. The molecule has 0 saturated carbocycles. The molecule has 228 valence electrons. The Morgan fingerprint density at radius 1 is 0.952 bits per heavy atom. The number of carbonyl (C=O) groups is 2. The third-order valence-electron chi connectivity index (χ3n) is 7.80. The minimum absolute atomic E-state index is 0. The number of piperidine rings is 1. The minimum Gasteiger partial charge on any atom is -0.412 e. The molecule has 1 aliphatic heterocycles. The van der Waals surface area contributed by atoms with Gasteiger partial charge >= 0.3 is 6.03 Å². The first-order chi connectivity index (χ1) is 19.3. The van der Waals surface area contributed by atoms with E-state index in [-0.39, 0.29) is 35.7 Å². The van der Waals surface area contributed by atoms with Crippen LogP contribution in [0.2, 0.25) is 10.0 Å². The summed E-state index contributed by atoms with van der Waals surface area (Å²) in [5, 5.41) is 7.20. The van der Waals surface area contributed by atoms with Crippen LogP contribution in [0.4, 0.5) is 4.79 Å². The highest BCUT2D eigenvalue weighted by molar-refractivity contribution is 6.42. The normalized spacial score (nSPS) is 15.0. The van der Waals surface area contributed by atoms with Gasteiger partial charge in [0.15, 0.2) is 0 Å². The number of amides is 3. The third-order valence-corrected chi connectivity index (χ3v) is 8.54. The van der Waals surface area contributed by atoms with Gasteiger partial charge in [-0.15, -0.1) is 12.4 Å². The summed E-state index contributed by atoms with van der Waals surface area (Å²) >= 11 is 12.6. The van der Waals surface area contributed by atoms with Crippen LogP contribution in [-0.2, 0) is 5.54 Å². The zero-order chi connectivity index (χ0) is 28.5. The molecule has 42 heavy (non-hydrogen) atoms. The molecular formula is C32H41Cl3N4O3. The lowest BCUT2D eigenvalue weighted by atomic mass is 9.80. The van der Waals surface area contributed by atoms with Crippen molar-refractivity contribution in [3.05, 3.63) is 106 Å². The fourth-order valence-corrected chi connectivity index (χ4v) is 5.81. The summed E-state index contributed by atoms with van der Waals surface area (Å²) in [6.45, 7) is 5.64. The van der Waals surface area contributed by atoms with Crippen LogP contribution in [0.15, 0.2) is 78.9 Å². The highest BCUT2D eigenvalue weighted by atomic mass is 35.5. The van der Waals surface area contributed by atoms with Gasteiger partial charge < -0.3 is 25.9 Å². The first-order valence-electron chi connectivity index (χ1n) is 13.9. The SMILES string of the molecule is CCNC(=O)NC1(c2ccccc2)CCN(CCC(CN(C)C(=O)c2ccccc2)c2ccc(Cl)c(Cl)c2)CC1.Cl.O. The Labute approximate surface area is 265 Å². The predicted molar refractivity (Wildman–Crippen MR) is 174 cm³/mol. The van der Waals surface area contributed by atoms with Gasteiger partial charge in [0.05, 0.1) is 15.6 Å². The Morgan fingerprint density at radius 2 is 1.57 bits per heavy atom. The molecule has 0 aliphatic carbocycles. The smallest absolute Gasteiger partial charge is 0.315 e. The van der Waals surface area contributed by atoms with E-state index in [9.17, 15) is 9.59 Å². The standard InChI is InChI=1S/C32H38Cl2N4O2.ClH.H2O/c1-3-35-31(40)36-32(27-12-8-5-9-13-27)17-20-38(21-18-32)19-16-26(25-14-15-28(33)29(34)22-25)23-37(2)30(39)24-10-6-4-7-11-24;;/h4-15,22,26H,3,16-21,23H2,1-2H3,(H2,35,36,40);1H;1H2. The van der Waals surface area contributed by atoms with E-state index in [0.29, 0.717) is 28.7 Å². The van der Waals surface area contributed by atoms with Crippen molar-refractivity contribution in [3.63, 3.8) is 0 Å². The molecule has 0 bridgehead atoms. The van der Waals surface area contributed by atoms with Gasteiger partial charge in [-0.3, -0.25) is 4.79 Å². The van der Waals surface area contributed by atoms with Crippen molar-refractivity contribution in [2.45, 2.75) is 37.6 Å². The van der Waals surface area contributed by atoms with Crippen LogP contribution in [0.25, 0.3) is 0 Å². The molecular weight excluding hydrogens is 595 g/mol. The maximum Gasteiger partial charge on any atom is 0.315 e. The molecule has 4 N–H and O–H groups in total. The summed E-state index contributed by atoms with van der Waals surface area (Å²) in [6.07, 6.45) is 2.49. The monoisotopic (exact) mass is 634 g/mol. The van der Waals surface area contributed by atoms with Gasteiger partial charge in [0, 0.05) is 44.7 Å².